The Bertz CT molecular complexity index is 1110. The molecule has 6 heteroatoms. The van der Waals surface area contributed by atoms with Crippen LogP contribution >= 0.6 is 0 Å². The van der Waals surface area contributed by atoms with Gasteiger partial charge < -0.3 is 21.3 Å². The number of carbonyl (C=O) groups is 1. The molecule has 0 unspecified atom stereocenters. The lowest BCUT2D eigenvalue weighted by atomic mass is 10.0. The molecule has 0 aliphatic heterocycles. The van der Waals surface area contributed by atoms with Gasteiger partial charge in [0.1, 0.15) is 0 Å². The third-order valence-electron chi connectivity index (χ3n) is 6.16. The molecule has 0 aliphatic carbocycles. The minimum atomic E-state index is -0.0912. The monoisotopic (exact) mass is 636 g/mol. The molecule has 4 N–H and O–H groups in total. The number of nitrogens with two attached hydrogens (primary N) is 1. The van der Waals surface area contributed by atoms with Crippen LogP contribution in [0.25, 0.3) is 5.70 Å². The summed E-state index contributed by atoms with van der Waals surface area (Å²) in [7, 11) is 4.01. The molecule has 260 valence electrons. The van der Waals surface area contributed by atoms with E-state index in [0.29, 0.717) is 11.7 Å². The third kappa shape index (κ3) is 30.2. The summed E-state index contributed by atoms with van der Waals surface area (Å²) in [6, 6.07) is 16.6. The summed E-state index contributed by atoms with van der Waals surface area (Å²) in [5.41, 5.74) is 12.0. The normalized spacial score (nSPS) is 8.87. The molecular weight excluding hydrogens is 566 g/mol. The van der Waals surface area contributed by atoms with Gasteiger partial charge in [-0.25, -0.2) is 0 Å². The molecule has 0 radical (unpaired) electrons. The van der Waals surface area contributed by atoms with Crippen molar-refractivity contribution in [3.63, 3.8) is 0 Å². The predicted molar refractivity (Wildman–Crippen MR) is 205 cm³/mol. The summed E-state index contributed by atoms with van der Waals surface area (Å²) in [4.78, 5) is 12.8. The van der Waals surface area contributed by atoms with Crippen LogP contribution in [0.3, 0.4) is 0 Å². The van der Waals surface area contributed by atoms with Crippen molar-refractivity contribution < 1.29 is 4.79 Å². The van der Waals surface area contributed by atoms with Crippen molar-refractivity contribution in [1.29, 1.82) is 5.26 Å². The molecule has 0 aliphatic rings. The second-order valence-electron chi connectivity index (χ2n) is 10.7. The molecule has 0 saturated carbocycles. The molecule has 0 fully saturated rings. The van der Waals surface area contributed by atoms with Gasteiger partial charge in [-0.1, -0.05) is 118 Å². The first-order valence-electron chi connectivity index (χ1n) is 16.7. The Morgan fingerprint density at radius 3 is 1.93 bits per heavy atom. The van der Waals surface area contributed by atoms with E-state index in [-0.39, 0.29) is 5.91 Å². The van der Waals surface area contributed by atoms with Crippen molar-refractivity contribution in [2.45, 2.75) is 114 Å². The quantitative estimate of drug-likeness (QED) is 0.214. The molecule has 1 amide bonds. The molecule has 0 aromatic heterocycles. The Kier molecular flexibility index (Phi) is 36.3. The second-order valence-corrected chi connectivity index (χ2v) is 10.7. The van der Waals surface area contributed by atoms with E-state index in [1.165, 1.54) is 55.8 Å². The van der Waals surface area contributed by atoms with Crippen LogP contribution in [0.15, 0.2) is 74.1 Å². The number of nitrogens with one attached hydrogen (secondary N) is 2. The van der Waals surface area contributed by atoms with Gasteiger partial charge in [-0.05, 0) is 80.2 Å². The van der Waals surface area contributed by atoms with E-state index in [1.807, 2.05) is 76.2 Å². The van der Waals surface area contributed by atoms with E-state index >= 15 is 0 Å². The van der Waals surface area contributed by atoms with Gasteiger partial charge in [-0.3, -0.25) is 4.79 Å². The summed E-state index contributed by atoms with van der Waals surface area (Å²) >= 11 is 0. The molecule has 46 heavy (non-hydrogen) atoms. The van der Waals surface area contributed by atoms with Gasteiger partial charge in [0.05, 0.1) is 11.6 Å². The van der Waals surface area contributed by atoms with Crippen molar-refractivity contribution in [3.05, 3.63) is 102 Å². The highest BCUT2D eigenvalue weighted by Gasteiger charge is 2.00. The van der Waals surface area contributed by atoms with E-state index in [2.05, 4.69) is 89.8 Å². The maximum atomic E-state index is 10.7. The number of unbranched alkanes of at least 4 members (excludes halogenated alkanes) is 2. The largest absolute Gasteiger partial charge is 0.405 e. The number of amides is 1. The highest BCUT2D eigenvalue weighted by atomic mass is 16.1. The molecule has 6 nitrogen and oxygen atoms in total. The van der Waals surface area contributed by atoms with E-state index in [9.17, 15) is 4.79 Å². The lowest BCUT2D eigenvalue weighted by Gasteiger charge is -2.12. The fourth-order valence-corrected chi connectivity index (χ4v) is 3.57. The van der Waals surface area contributed by atoms with Gasteiger partial charge in [0.15, 0.2) is 0 Å². The number of rotatable bonds is 11. The Balaban J connectivity index is -0.000000249. The van der Waals surface area contributed by atoms with Crippen molar-refractivity contribution in [1.82, 2.24) is 15.5 Å². The molecular formula is C40H69N5O. The lowest BCUT2D eigenvalue weighted by Crippen LogP contribution is -2.23. The van der Waals surface area contributed by atoms with Crippen molar-refractivity contribution >= 4 is 11.6 Å². The summed E-state index contributed by atoms with van der Waals surface area (Å²) in [5, 5.41) is 14.7. The smallest absolute Gasteiger partial charge is 0.221 e. The fraction of sp³-hybridized carbons (Fsp3) is 0.500. The van der Waals surface area contributed by atoms with E-state index in [1.54, 1.807) is 0 Å². The standard InChI is InChI=1S/C11H13NO.C11H13N.C8H19N.C6H13N.C2H5N.C2H6/c1-8-5-4-6-11(7-8)9(2)12-10(3)13;1-3-10-6-5-9(8-12)7-11(10)4-2;1-4-5-6-7-9-8(2)3;1-5-6(2)7(3)4;1-2-3;1-2/h4-7H,2H2,1,3H3,(H,12,13);5-7H,3-4H2,1-2H3;8-9H,4-7H2,1-3H3;2,5H2,1,3-4H3;2H,1,3H2;1-2H3. The summed E-state index contributed by atoms with van der Waals surface area (Å²) in [6.07, 6.45) is 8.37. The maximum absolute atomic E-state index is 10.7. The Hall–Kier alpha value is -3.82. The van der Waals surface area contributed by atoms with Crippen LogP contribution in [0, 0.1) is 18.3 Å². The van der Waals surface area contributed by atoms with Crippen LogP contribution < -0.4 is 16.4 Å². The minimum absolute atomic E-state index is 0.0912. The Morgan fingerprint density at radius 2 is 1.57 bits per heavy atom. The highest BCUT2D eigenvalue weighted by molar-refractivity contribution is 5.84. The fourth-order valence-electron chi connectivity index (χ4n) is 3.57. The van der Waals surface area contributed by atoms with Gasteiger partial charge in [-0.15, -0.1) is 0 Å². The zero-order valence-corrected chi connectivity index (χ0v) is 31.6. The van der Waals surface area contributed by atoms with Gasteiger partial charge in [-0.2, -0.15) is 5.26 Å². The molecule has 0 saturated heterocycles. The van der Waals surface area contributed by atoms with Crippen LogP contribution in [-0.4, -0.2) is 37.5 Å². The molecule has 0 heterocycles. The van der Waals surface area contributed by atoms with E-state index in [4.69, 9.17) is 5.26 Å². The number of nitriles is 1. The van der Waals surface area contributed by atoms with Crippen LogP contribution in [0.5, 0.6) is 0 Å². The number of aryl methyl sites for hydroxylation is 3. The molecule has 0 atom stereocenters. The average Bonchev–Trinajstić information content (AvgIpc) is 3.04. The van der Waals surface area contributed by atoms with Gasteiger partial charge in [0.25, 0.3) is 0 Å². The first-order chi connectivity index (χ1) is 21.8. The third-order valence-corrected chi connectivity index (χ3v) is 6.16. The predicted octanol–water partition coefficient (Wildman–Crippen LogP) is 9.55. The maximum Gasteiger partial charge on any atom is 0.221 e. The van der Waals surface area contributed by atoms with Crippen LogP contribution in [0.4, 0.5) is 0 Å². The minimum Gasteiger partial charge on any atom is -0.405 e. The summed E-state index contributed by atoms with van der Waals surface area (Å²) in [6.45, 7) is 32.3. The number of benzene rings is 2. The van der Waals surface area contributed by atoms with Crippen molar-refractivity contribution in [2.75, 3.05) is 20.6 Å². The van der Waals surface area contributed by atoms with Crippen LogP contribution in [0.2, 0.25) is 0 Å². The van der Waals surface area contributed by atoms with Gasteiger partial charge in [0, 0.05) is 38.5 Å². The number of allylic oxidation sites excluding steroid dienone is 1. The summed E-state index contributed by atoms with van der Waals surface area (Å²) < 4.78 is 0. The molecule has 0 spiro atoms. The highest BCUT2D eigenvalue weighted by Crippen LogP contribution is 2.13. The molecule has 0 bridgehead atoms. The van der Waals surface area contributed by atoms with E-state index < -0.39 is 0 Å². The Morgan fingerprint density at radius 1 is 1.00 bits per heavy atom. The van der Waals surface area contributed by atoms with Crippen LogP contribution in [0.1, 0.15) is 116 Å². The molecule has 2 rings (SSSR count). The van der Waals surface area contributed by atoms with Crippen LogP contribution in [-0.2, 0) is 17.6 Å². The van der Waals surface area contributed by atoms with E-state index in [0.717, 1.165) is 36.0 Å². The average molecular weight is 636 g/mol. The number of carbonyl (C=O) groups excluding carboxylic acids is 1. The summed E-state index contributed by atoms with van der Waals surface area (Å²) in [5.74, 6) is -0.0912. The van der Waals surface area contributed by atoms with Crippen molar-refractivity contribution in [3.8, 4) is 6.07 Å². The number of hydrogen-bond donors (Lipinski definition) is 3. The van der Waals surface area contributed by atoms with Gasteiger partial charge >= 0.3 is 0 Å². The Labute approximate surface area is 284 Å². The topological polar surface area (TPSA) is 94.2 Å². The first kappa shape index (κ1) is 49.1. The van der Waals surface area contributed by atoms with Crippen molar-refractivity contribution in [2.24, 2.45) is 5.73 Å². The first-order valence-corrected chi connectivity index (χ1v) is 16.7. The zero-order valence-electron chi connectivity index (χ0n) is 31.6. The molecule has 2 aromatic carbocycles. The van der Waals surface area contributed by atoms with Gasteiger partial charge in [0.2, 0.25) is 5.91 Å². The number of hydrogen-bond acceptors (Lipinski definition) is 5. The SMILES string of the molecule is C=C(CC)N(C)C.C=C(NC(C)=O)c1cccc(C)c1.C=CN.CC.CCCCCNC(C)C.CCc1ccc(C#N)cc1CC. The second kappa shape index (κ2) is 34.1. The number of nitrogens with zero attached hydrogens (tertiary/aromatic N) is 2. The molecule has 2 aromatic rings. The zero-order chi connectivity index (χ0) is 36.5. The lowest BCUT2D eigenvalue weighted by molar-refractivity contribution is -0.117.